The molecule has 4 heterocycles. The molecule has 1 unspecified atom stereocenters. The summed E-state index contributed by atoms with van der Waals surface area (Å²) in [6.07, 6.45) is 9.74. The van der Waals surface area contributed by atoms with Crippen LogP contribution in [0.15, 0.2) is 45.9 Å². The van der Waals surface area contributed by atoms with Crippen molar-refractivity contribution in [2.24, 2.45) is 0 Å². The summed E-state index contributed by atoms with van der Waals surface area (Å²) in [6, 6.07) is 4.67. The van der Waals surface area contributed by atoms with E-state index in [1.165, 1.54) is 12.1 Å². The molecule has 0 saturated carbocycles. The molecule has 1 atom stereocenters. The Morgan fingerprint density at radius 2 is 2.19 bits per heavy atom. The van der Waals surface area contributed by atoms with Gasteiger partial charge in [-0.05, 0) is 51.3 Å². The molecule has 2 aliphatic heterocycles. The number of hydrogen-bond acceptors (Lipinski definition) is 5. The van der Waals surface area contributed by atoms with E-state index in [2.05, 4.69) is 23.1 Å². The Kier molecular flexibility index (Phi) is 4.96. The van der Waals surface area contributed by atoms with Crippen LogP contribution in [0.1, 0.15) is 48.6 Å². The van der Waals surface area contributed by atoms with E-state index in [0.29, 0.717) is 24.2 Å². The molecular weight excluding hydrogens is 395 g/mol. The number of aromatic nitrogens is 3. The van der Waals surface area contributed by atoms with Gasteiger partial charge in [0.2, 0.25) is 0 Å². The summed E-state index contributed by atoms with van der Waals surface area (Å²) >= 11 is 0. The molecule has 3 aromatic rings. The third kappa shape index (κ3) is 3.58. The number of aryl methyl sites for hydroxylation is 2. The third-order valence-electron chi connectivity index (χ3n) is 6.32. The maximum Gasteiger partial charge on any atom is 0.257 e. The maximum absolute atomic E-state index is 13.4. The van der Waals surface area contributed by atoms with E-state index in [-0.39, 0.29) is 17.4 Å². The van der Waals surface area contributed by atoms with Gasteiger partial charge in [0, 0.05) is 60.0 Å². The van der Waals surface area contributed by atoms with Crippen LogP contribution in [0, 0.1) is 12.7 Å². The van der Waals surface area contributed by atoms with E-state index in [9.17, 15) is 9.18 Å². The summed E-state index contributed by atoms with van der Waals surface area (Å²) in [5.41, 5.74) is 3.88. The summed E-state index contributed by atoms with van der Waals surface area (Å²) < 4.78 is 20.6. The Labute approximate surface area is 179 Å². The minimum absolute atomic E-state index is 0.119. The molecule has 0 radical (unpaired) electrons. The lowest BCUT2D eigenvalue weighted by molar-refractivity contribution is 0.392. The predicted molar refractivity (Wildman–Crippen MR) is 117 cm³/mol. The van der Waals surface area contributed by atoms with Crippen LogP contribution >= 0.6 is 0 Å². The number of allylic oxidation sites excluding steroid dienone is 2. The SMILES string of the molecule is Cc1nc2n(c(=O)c1CCN1C=CC(c3noc4cc(F)ccc34)=CC1)C(C)CCC2. The number of benzene rings is 1. The van der Waals surface area contributed by atoms with Crippen LogP contribution in [0.5, 0.6) is 0 Å². The summed E-state index contributed by atoms with van der Waals surface area (Å²) in [5.74, 6) is 0.585. The second-order valence-electron chi connectivity index (χ2n) is 8.40. The minimum atomic E-state index is -0.341. The molecule has 2 aromatic heterocycles. The van der Waals surface area contributed by atoms with Crippen LogP contribution in [0.25, 0.3) is 16.5 Å². The summed E-state index contributed by atoms with van der Waals surface area (Å²) in [6.45, 7) is 5.49. The van der Waals surface area contributed by atoms with Gasteiger partial charge in [0.25, 0.3) is 5.56 Å². The van der Waals surface area contributed by atoms with Crippen molar-refractivity contribution < 1.29 is 8.91 Å². The fraction of sp³-hybridized carbons (Fsp3) is 0.375. The first kappa shape index (κ1) is 19.7. The largest absolute Gasteiger partial charge is 0.373 e. The zero-order valence-corrected chi connectivity index (χ0v) is 17.8. The molecule has 2 aliphatic rings. The fourth-order valence-corrected chi connectivity index (χ4v) is 4.58. The van der Waals surface area contributed by atoms with Gasteiger partial charge in [0.15, 0.2) is 5.58 Å². The zero-order chi connectivity index (χ0) is 21.5. The number of rotatable bonds is 4. The van der Waals surface area contributed by atoms with Gasteiger partial charge in [0.1, 0.15) is 17.3 Å². The average Bonchev–Trinajstić information content (AvgIpc) is 3.17. The Balaban J connectivity index is 1.30. The topological polar surface area (TPSA) is 64.2 Å². The highest BCUT2D eigenvalue weighted by Crippen LogP contribution is 2.28. The van der Waals surface area contributed by atoms with Crippen LogP contribution in [0.4, 0.5) is 4.39 Å². The lowest BCUT2D eigenvalue weighted by Crippen LogP contribution is -2.35. The van der Waals surface area contributed by atoms with Gasteiger partial charge in [-0.15, -0.1) is 0 Å². The van der Waals surface area contributed by atoms with Gasteiger partial charge in [-0.25, -0.2) is 9.37 Å². The van der Waals surface area contributed by atoms with Gasteiger partial charge < -0.3 is 9.42 Å². The van der Waals surface area contributed by atoms with Gasteiger partial charge in [-0.2, -0.15) is 0 Å². The highest BCUT2D eigenvalue weighted by molar-refractivity contribution is 5.91. The van der Waals surface area contributed by atoms with Crippen molar-refractivity contribution >= 4 is 16.5 Å². The monoisotopic (exact) mass is 420 g/mol. The summed E-state index contributed by atoms with van der Waals surface area (Å²) in [5, 5.41) is 4.91. The lowest BCUT2D eigenvalue weighted by Gasteiger charge is -2.26. The molecule has 7 heteroatoms. The normalized spacial score (nSPS) is 18.4. The molecule has 6 nitrogen and oxygen atoms in total. The molecule has 0 N–H and O–H groups in total. The Bertz CT molecular complexity index is 1270. The first-order chi connectivity index (χ1) is 15.0. The van der Waals surface area contributed by atoms with E-state index < -0.39 is 0 Å². The predicted octanol–water partition coefficient (Wildman–Crippen LogP) is 4.18. The van der Waals surface area contributed by atoms with Crippen molar-refractivity contribution in [1.82, 2.24) is 19.6 Å². The van der Waals surface area contributed by atoms with Gasteiger partial charge in [-0.3, -0.25) is 9.36 Å². The number of hydrogen-bond donors (Lipinski definition) is 0. The van der Waals surface area contributed by atoms with Crippen molar-refractivity contribution in [3.63, 3.8) is 0 Å². The van der Waals surface area contributed by atoms with Crippen molar-refractivity contribution in [1.29, 1.82) is 0 Å². The number of fused-ring (bicyclic) bond motifs is 2. The molecule has 31 heavy (non-hydrogen) atoms. The molecule has 1 aromatic carbocycles. The lowest BCUT2D eigenvalue weighted by atomic mass is 10.0. The Morgan fingerprint density at radius 3 is 3.00 bits per heavy atom. The van der Waals surface area contributed by atoms with E-state index in [4.69, 9.17) is 9.51 Å². The second kappa shape index (κ2) is 7.80. The van der Waals surface area contributed by atoms with Crippen molar-refractivity contribution in [2.45, 2.75) is 45.6 Å². The second-order valence-corrected chi connectivity index (χ2v) is 8.40. The smallest absolute Gasteiger partial charge is 0.257 e. The molecule has 0 fully saturated rings. The molecule has 0 aliphatic carbocycles. The van der Waals surface area contributed by atoms with E-state index in [0.717, 1.165) is 53.8 Å². The molecule has 5 rings (SSSR count). The zero-order valence-electron chi connectivity index (χ0n) is 17.8. The molecular formula is C24H25FN4O2. The standard InChI is InChI=1S/C24H25FN4O2/c1-15-4-3-5-22-26-16(2)19(24(30)29(15)22)10-13-28-11-8-17(9-12-28)23-20-7-6-18(25)14-21(20)31-27-23/h6-9,11,14-15H,3-5,10,12-13H2,1-2H3. The van der Waals surface area contributed by atoms with Crippen LogP contribution < -0.4 is 5.56 Å². The van der Waals surface area contributed by atoms with E-state index >= 15 is 0 Å². The van der Waals surface area contributed by atoms with Gasteiger partial charge in [-0.1, -0.05) is 11.2 Å². The molecule has 0 spiro atoms. The first-order valence-electron chi connectivity index (χ1n) is 10.8. The summed E-state index contributed by atoms with van der Waals surface area (Å²) in [4.78, 5) is 20.0. The van der Waals surface area contributed by atoms with Crippen LogP contribution in [-0.2, 0) is 12.8 Å². The number of halogens is 1. The third-order valence-corrected chi connectivity index (χ3v) is 6.32. The molecule has 160 valence electrons. The molecule has 0 saturated heterocycles. The highest BCUT2D eigenvalue weighted by Gasteiger charge is 2.22. The van der Waals surface area contributed by atoms with Crippen molar-refractivity contribution in [3.05, 3.63) is 75.5 Å². The van der Waals surface area contributed by atoms with Crippen molar-refractivity contribution in [2.75, 3.05) is 13.1 Å². The van der Waals surface area contributed by atoms with Gasteiger partial charge in [0.05, 0.1) is 0 Å². The van der Waals surface area contributed by atoms with E-state index in [1.807, 2.05) is 23.8 Å². The fourth-order valence-electron chi connectivity index (χ4n) is 4.58. The number of nitrogens with zero attached hydrogens (tertiary/aromatic N) is 4. The van der Waals surface area contributed by atoms with Crippen LogP contribution in [0.3, 0.4) is 0 Å². The molecule has 0 bridgehead atoms. The van der Waals surface area contributed by atoms with Gasteiger partial charge >= 0.3 is 0 Å². The average molecular weight is 420 g/mol. The van der Waals surface area contributed by atoms with Crippen LogP contribution in [0.2, 0.25) is 0 Å². The van der Waals surface area contributed by atoms with E-state index in [1.54, 1.807) is 6.07 Å². The maximum atomic E-state index is 13.4. The van der Waals surface area contributed by atoms with Crippen molar-refractivity contribution in [3.8, 4) is 0 Å². The van der Waals surface area contributed by atoms with Crippen LogP contribution in [-0.4, -0.2) is 32.7 Å². The quantitative estimate of drug-likeness (QED) is 0.633. The minimum Gasteiger partial charge on any atom is -0.373 e. The summed E-state index contributed by atoms with van der Waals surface area (Å²) in [7, 11) is 0. The first-order valence-corrected chi connectivity index (χ1v) is 10.8. The Morgan fingerprint density at radius 1 is 1.32 bits per heavy atom. The Hall–Kier alpha value is -3.22. The molecule has 0 amide bonds. The highest BCUT2D eigenvalue weighted by atomic mass is 19.1.